The molecule has 130 valence electrons. The van der Waals surface area contributed by atoms with E-state index in [0.29, 0.717) is 0 Å². The summed E-state index contributed by atoms with van der Waals surface area (Å²) in [6.45, 7) is 1.09. The van der Waals surface area contributed by atoms with Gasteiger partial charge in [-0.15, -0.1) is 11.8 Å². The van der Waals surface area contributed by atoms with Gasteiger partial charge in [-0.2, -0.15) is 0 Å². The second-order valence-electron chi connectivity index (χ2n) is 5.85. The third-order valence-electron chi connectivity index (χ3n) is 4.00. The number of aryl methyl sites for hydroxylation is 1. The number of benzene rings is 2. The normalized spacial score (nSPS) is 13.0. The van der Waals surface area contributed by atoms with E-state index < -0.39 is 0 Å². The highest BCUT2D eigenvalue weighted by atomic mass is 32.2. The van der Waals surface area contributed by atoms with Crippen LogP contribution in [0.2, 0.25) is 0 Å². The average molecular weight is 355 g/mol. The Kier molecular flexibility index (Phi) is 5.95. The van der Waals surface area contributed by atoms with E-state index >= 15 is 0 Å². The van der Waals surface area contributed by atoms with Gasteiger partial charge in [0, 0.05) is 17.1 Å². The topological polar surface area (TPSA) is 61.4 Å². The van der Waals surface area contributed by atoms with Gasteiger partial charge in [0.25, 0.3) is 5.91 Å². The predicted octanol–water partition coefficient (Wildman–Crippen LogP) is 2.38. The Morgan fingerprint density at radius 1 is 0.960 bits per heavy atom. The number of hydrogen-bond donors (Lipinski definition) is 2. The molecule has 0 bridgehead atoms. The molecule has 0 saturated carbocycles. The molecule has 3 rings (SSSR count). The Bertz CT molecular complexity index is 736. The predicted molar refractivity (Wildman–Crippen MR) is 100 cm³/mol. The Morgan fingerprint density at radius 3 is 2.52 bits per heavy atom. The van der Waals surface area contributed by atoms with E-state index in [9.17, 15) is 9.59 Å². The van der Waals surface area contributed by atoms with Crippen LogP contribution in [0.1, 0.15) is 12.0 Å². The van der Waals surface area contributed by atoms with E-state index in [1.807, 2.05) is 48.5 Å². The molecule has 0 spiro atoms. The van der Waals surface area contributed by atoms with Crippen LogP contribution in [-0.2, 0) is 16.0 Å². The van der Waals surface area contributed by atoms with Crippen LogP contribution in [0, 0.1) is 0 Å². The molecular formula is C19H21N3O2S. The molecule has 0 aromatic heterocycles. The first-order valence-electron chi connectivity index (χ1n) is 8.31. The first-order chi connectivity index (χ1) is 12.2. The summed E-state index contributed by atoms with van der Waals surface area (Å²) in [6.07, 6.45) is 2.08. The number of anilines is 1. The van der Waals surface area contributed by atoms with Gasteiger partial charge in [-0.1, -0.05) is 36.4 Å². The summed E-state index contributed by atoms with van der Waals surface area (Å²) < 4.78 is 0. The van der Waals surface area contributed by atoms with Crippen molar-refractivity contribution in [2.24, 2.45) is 0 Å². The van der Waals surface area contributed by atoms with Crippen LogP contribution in [0.15, 0.2) is 59.5 Å². The Morgan fingerprint density at radius 2 is 1.68 bits per heavy atom. The van der Waals surface area contributed by atoms with Gasteiger partial charge in [-0.3, -0.25) is 20.4 Å². The third kappa shape index (κ3) is 5.00. The van der Waals surface area contributed by atoms with Crippen molar-refractivity contribution in [3.8, 4) is 0 Å². The van der Waals surface area contributed by atoms with Crippen molar-refractivity contribution in [3.05, 3.63) is 60.2 Å². The second kappa shape index (κ2) is 8.58. The van der Waals surface area contributed by atoms with Crippen molar-refractivity contribution < 1.29 is 9.59 Å². The SMILES string of the molecule is O=C(CSc1ccccc1)NNC(=O)CN1CCCc2ccccc21. The highest BCUT2D eigenvalue weighted by molar-refractivity contribution is 8.00. The molecular weight excluding hydrogens is 334 g/mol. The number of rotatable bonds is 5. The highest BCUT2D eigenvalue weighted by Crippen LogP contribution is 2.26. The van der Waals surface area contributed by atoms with Gasteiger partial charge in [0.05, 0.1) is 12.3 Å². The van der Waals surface area contributed by atoms with Gasteiger partial charge in [0.15, 0.2) is 0 Å². The number of para-hydroxylation sites is 1. The average Bonchev–Trinajstić information content (AvgIpc) is 2.66. The van der Waals surface area contributed by atoms with Crippen LogP contribution in [0.5, 0.6) is 0 Å². The monoisotopic (exact) mass is 355 g/mol. The molecule has 2 N–H and O–H groups in total. The molecule has 0 saturated heterocycles. The van der Waals surface area contributed by atoms with Gasteiger partial charge in [-0.25, -0.2) is 0 Å². The molecule has 0 fully saturated rings. The van der Waals surface area contributed by atoms with Crippen LogP contribution in [-0.4, -0.2) is 30.7 Å². The number of nitrogens with one attached hydrogen (secondary N) is 2. The minimum atomic E-state index is -0.221. The summed E-state index contributed by atoms with van der Waals surface area (Å²) in [4.78, 5) is 27.1. The lowest BCUT2D eigenvalue weighted by Crippen LogP contribution is -2.47. The van der Waals surface area contributed by atoms with E-state index in [1.165, 1.54) is 17.3 Å². The number of carbonyl (C=O) groups excluding carboxylic acids is 2. The van der Waals surface area contributed by atoms with E-state index in [2.05, 4.69) is 21.8 Å². The van der Waals surface area contributed by atoms with Crippen molar-refractivity contribution in [3.63, 3.8) is 0 Å². The Hall–Kier alpha value is -2.47. The summed E-state index contributed by atoms with van der Waals surface area (Å²) in [5.74, 6) is -0.173. The molecule has 1 aliphatic rings. The zero-order valence-electron chi connectivity index (χ0n) is 13.9. The van der Waals surface area contributed by atoms with Crippen LogP contribution < -0.4 is 15.8 Å². The van der Waals surface area contributed by atoms with E-state index in [0.717, 1.165) is 30.0 Å². The minimum absolute atomic E-state index is 0.213. The molecule has 0 aliphatic carbocycles. The molecule has 1 heterocycles. The fraction of sp³-hybridized carbons (Fsp3) is 0.263. The first kappa shape index (κ1) is 17.4. The van der Waals surface area contributed by atoms with E-state index in [-0.39, 0.29) is 24.1 Å². The van der Waals surface area contributed by atoms with Crippen LogP contribution >= 0.6 is 11.8 Å². The third-order valence-corrected chi connectivity index (χ3v) is 5.01. The molecule has 0 radical (unpaired) electrons. The van der Waals surface area contributed by atoms with Crippen molar-refractivity contribution in [1.29, 1.82) is 0 Å². The number of fused-ring (bicyclic) bond motifs is 1. The maximum absolute atomic E-state index is 12.1. The zero-order chi connectivity index (χ0) is 17.5. The van der Waals surface area contributed by atoms with Crippen LogP contribution in [0.25, 0.3) is 0 Å². The van der Waals surface area contributed by atoms with Gasteiger partial charge >= 0.3 is 0 Å². The maximum atomic E-state index is 12.1. The van der Waals surface area contributed by atoms with Crippen molar-refractivity contribution in [2.75, 3.05) is 23.7 Å². The number of amides is 2. The van der Waals surface area contributed by atoms with Crippen molar-refractivity contribution in [1.82, 2.24) is 10.9 Å². The zero-order valence-corrected chi connectivity index (χ0v) is 14.7. The van der Waals surface area contributed by atoms with Crippen molar-refractivity contribution in [2.45, 2.75) is 17.7 Å². The summed E-state index contributed by atoms with van der Waals surface area (Å²) in [5, 5.41) is 0. The summed E-state index contributed by atoms with van der Waals surface area (Å²) >= 11 is 1.43. The lowest BCUT2D eigenvalue weighted by atomic mass is 10.0. The van der Waals surface area contributed by atoms with E-state index in [1.54, 1.807) is 0 Å². The maximum Gasteiger partial charge on any atom is 0.257 e. The van der Waals surface area contributed by atoms with Gasteiger partial charge in [0.2, 0.25) is 5.91 Å². The lowest BCUT2D eigenvalue weighted by Gasteiger charge is -2.30. The van der Waals surface area contributed by atoms with Gasteiger partial charge < -0.3 is 4.90 Å². The number of hydrazine groups is 1. The lowest BCUT2D eigenvalue weighted by molar-refractivity contribution is -0.126. The summed E-state index contributed by atoms with van der Waals surface area (Å²) in [7, 11) is 0. The van der Waals surface area contributed by atoms with Gasteiger partial charge in [0.1, 0.15) is 0 Å². The summed E-state index contributed by atoms with van der Waals surface area (Å²) in [5.41, 5.74) is 7.36. The second-order valence-corrected chi connectivity index (χ2v) is 6.90. The minimum Gasteiger partial charge on any atom is -0.362 e. The molecule has 1 aliphatic heterocycles. The summed E-state index contributed by atoms with van der Waals surface area (Å²) in [6, 6.07) is 17.8. The molecule has 2 aromatic rings. The fourth-order valence-electron chi connectivity index (χ4n) is 2.83. The smallest absolute Gasteiger partial charge is 0.257 e. The number of thioether (sulfide) groups is 1. The first-order valence-corrected chi connectivity index (χ1v) is 9.29. The Balaban J connectivity index is 1.43. The molecule has 0 atom stereocenters. The quantitative estimate of drug-likeness (QED) is 0.639. The molecule has 6 heteroatoms. The molecule has 0 unspecified atom stereocenters. The molecule has 5 nitrogen and oxygen atoms in total. The standard InChI is InChI=1S/C19H21N3O2S/c23-18(13-22-12-6-8-15-7-4-5-11-17(15)22)20-21-19(24)14-25-16-9-2-1-3-10-16/h1-5,7,9-11H,6,8,12-14H2,(H,20,23)(H,21,24). The molecule has 25 heavy (non-hydrogen) atoms. The molecule has 2 amide bonds. The largest absolute Gasteiger partial charge is 0.362 e. The molecule has 2 aromatic carbocycles. The van der Waals surface area contributed by atoms with E-state index in [4.69, 9.17) is 0 Å². The van der Waals surface area contributed by atoms with Crippen molar-refractivity contribution >= 4 is 29.3 Å². The number of carbonyl (C=O) groups is 2. The fourth-order valence-corrected chi connectivity index (χ4v) is 3.55. The van der Waals surface area contributed by atoms with Gasteiger partial charge in [-0.05, 0) is 36.6 Å². The number of hydrogen-bond acceptors (Lipinski definition) is 4. The number of nitrogens with zero attached hydrogens (tertiary/aromatic N) is 1. The van der Waals surface area contributed by atoms with Crippen LogP contribution in [0.4, 0.5) is 5.69 Å². The Labute approximate surface area is 151 Å². The highest BCUT2D eigenvalue weighted by Gasteiger charge is 2.18. The van der Waals surface area contributed by atoms with Crippen LogP contribution in [0.3, 0.4) is 0 Å².